The third-order valence-corrected chi connectivity index (χ3v) is 4.67. The Morgan fingerprint density at radius 3 is 2.72 bits per heavy atom. The van der Waals surface area contributed by atoms with Crippen LogP contribution in [0.15, 0.2) is 24.5 Å². The van der Waals surface area contributed by atoms with Crippen LogP contribution in [0.3, 0.4) is 0 Å². The van der Waals surface area contributed by atoms with E-state index in [0.717, 1.165) is 62.9 Å². The number of anilines is 1. The second kappa shape index (κ2) is 8.09. The highest BCUT2D eigenvalue weighted by Crippen LogP contribution is 2.14. The fourth-order valence-corrected chi connectivity index (χ4v) is 3.16. The minimum absolute atomic E-state index is 0.245. The van der Waals surface area contributed by atoms with Gasteiger partial charge in [-0.15, -0.1) is 5.10 Å². The Labute approximate surface area is 148 Å². The van der Waals surface area contributed by atoms with Crippen molar-refractivity contribution in [3.8, 4) is 0 Å². The van der Waals surface area contributed by atoms with Crippen LogP contribution in [0.4, 0.5) is 5.82 Å². The third kappa shape index (κ3) is 4.55. The molecule has 7 heteroatoms. The summed E-state index contributed by atoms with van der Waals surface area (Å²) >= 11 is 0. The molecule has 1 aliphatic heterocycles. The average Bonchev–Trinajstić information content (AvgIpc) is 2.86. The summed E-state index contributed by atoms with van der Waals surface area (Å²) in [5, 5.41) is 8.39. The molecule has 25 heavy (non-hydrogen) atoms. The monoisotopic (exact) mass is 342 g/mol. The second-order valence-electron chi connectivity index (χ2n) is 6.53. The first-order valence-corrected chi connectivity index (χ1v) is 8.94. The quantitative estimate of drug-likeness (QED) is 0.829. The number of imidazole rings is 1. The van der Waals surface area contributed by atoms with E-state index in [1.54, 1.807) is 6.20 Å². The minimum atomic E-state index is 0.245. The molecule has 3 rings (SSSR count). The largest absolute Gasteiger partial charge is 0.353 e. The lowest BCUT2D eigenvalue weighted by Crippen LogP contribution is -2.35. The number of hydrogen-bond acceptors (Lipinski definition) is 5. The molecular formula is C18H26N6O. The summed E-state index contributed by atoms with van der Waals surface area (Å²) in [5.41, 5.74) is 0.920. The normalized spacial score (nSPS) is 15.3. The molecule has 7 nitrogen and oxygen atoms in total. The number of carbonyl (C=O) groups is 1. The van der Waals surface area contributed by atoms with Crippen molar-refractivity contribution in [1.82, 2.24) is 24.6 Å². The van der Waals surface area contributed by atoms with Gasteiger partial charge in [-0.25, -0.2) is 4.98 Å². The van der Waals surface area contributed by atoms with Crippen LogP contribution in [-0.4, -0.2) is 56.7 Å². The molecule has 0 spiro atoms. The molecule has 0 aliphatic carbocycles. The highest BCUT2D eigenvalue weighted by Gasteiger charge is 2.19. The summed E-state index contributed by atoms with van der Waals surface area (Å²) in [5.74, 6) is 2.14. The van der Waals surface area contributed by atoms with Crippen molar-refractivity contribution < 1.29 is 4.79 Å². The molecule has 1 saturated heterocycles. The van der Waals surface area contributed by atoms with Crippen LogP contribution in [-0.2, 0) is 11.3 Å². The topological polar surface area (TPSA) is 67.2 Å². The fourth-order valence-electron chi connectivity index (χ4n) is 3.16. The first-order chi connectivity index (χ1) is 12.1. The van der Waals surface area contributed by atoms with Crippen molar-refractivity contribution >= 4 is 11.7 Å². The average molecular weight is 342 g/mol. The lowest BCUT2D eigenvalue weighted by Gasteiger charge is -2.22. The molecule has 0 unspecified atom stereocenters. The molecule has 1 fully saturated rings. The van der Waals surface area contributed by atoms with Crippen LogP contribution in [0.5, 0.6) is 0 Å². The highest BCUT2D eigenvalue weighted by atomic mass is 16.2. The van der Waals surface area contributed by atoms with Gasteiger partial charge in [0.25, 0.3) is 0 Å². The predicted molar refractivity (Wildman–Crippen MR) is 96.4 cm³/mol. The van der Waals surface area contributed by atoms with E-state index in [-0.39, 0.29) is 5.91 Å². The van der Waals surface area contributed by atoms with E-state index in [4.69, 9.17) is 0 Å². The van der Waals surface area contributed by atoms with Gasteiger partial charge in [0, 0.05) is 51.5 Å². The highest BCUT2D eigenvalue weighted by molar-refractivity contribution is 5.76. The number of amides is 1. The van der Waals surface area contributed by atoms with Gasteiger partial charge < -0.3 is 14.4 Å². The molecule has 0 aromatic carbocycles. The number of carbonyl (C=O) groups excluding carboxylic acids is 1. The van der Waals surface area contributed by atoms with E-state index in [2.05, 4.69) is 24.6 Å². The maximum Gasteiger partial charge on any atom is 0.222 e. The van der Waals surface area contributed by atoms with Crippen molar-refractivity contribution in [3.05, 3.63) is 36.0 Å². The van der Waals surface area contributed by atoms with E-state index < -0.39 is 0 Å². The van der Waals surface area contributed by atoms with Crippen molar-refractivity contribution in [3.63, 3.8) is 0 Å². The van der Waals surface area contributed by atoms with Crippen LogP contribution in [0.1, 0.15) is 30.8 Å². The Morgan fingerprint density at radius 1 is 1.12 bits per heavy atom. The van der Waals surface area contributed by atoms with Gasteiger partial charge in [-0.2, -0.15) is 5.10 Å². The zero-order chi connectivity index (χ0) is 17.6. The zero-order valence-electron chi connectivity index (χ0n) is 15.1. The maximum atomic E-state index is 12.5. The lowest BCUT2D eigenvalue weighted by atomic mass is 10.2. The van der Waals surface area contributed by atoms with Gasteiger partial charge in [0.1, 0.15) is 5.82 Å². The summed E-state index contributed by atoms with van der Waals surface area (Å²) in [4.78, 5) is 20.9. The van der Waals surface area contributed by atoms with E-state index in [0.29, 0.717) is 6.42 Å². The van der Waals surface area contributed by atoms with Crippen LogP contribution in [0.2, 0.25) is 0 Å². The van der Waals surface area contributed by atoms with Gasteiger partial charge in [-0.1, -0.05) is 0 Å². The van der Waals surface area contributed by atoms with Gasteiger partial charge in [0.15, 0.2) is 5.82 Å². The Balaban J connectivity index is 1.47. The van der Waals surface area contributed by atoms with Crippen LogP contribution < -0.4 is 4.90 Å². The van der Waals surface area contributed by atoms with Gasteiger partial charge in [0.2, 0.25) is 5.91 Å². The molecule has 0 saturated carbocycles. The Kier molecular flexibility index (Phi) is 5.63. The molecular weight excluding hydrogens is 316 g/mol. The second-order valence-corrected chi connectivity index (χ2v) is 6.53. The summed E-state index contributed by atoms with van der Waals surface area (Å²) < 4.78 is 2.09. The molecule has 0 N–H and O–H groups in total. The third-order valence-electron chi connectivity index (χ3n) is 4.67. The maximum absolute atomic E-state index is 12.5. The molecule has 2 aromatic heterocycles. The Morgan fingerprint density at radius 2 is 2.00 bits per heavy atom. The van der Waals surface area contributed by atoms with E-state index >= 15 is 0 Å². The molecule has 0 bridgehead atoms. The van der Waals surface area contributed by atoms with Crippen molar-refractivity contribution in [1.29, 1.82) is 0 Å². The van der Waals surface area contributed by atoms with Crippen LogP contribution >= 0.6 is 0 Å². The number of rotatable bonds is 5. The van der Waals surface area contributed by atoms with E-state index in [9.17, 15) is 4.79 Å². The lowest BCUT2D eigenvalue weighted by molar-refractivity contribution is -0.131. The molecule has 3 heterocycles. The molecule has 1 amide bonds. The molecule has 134 valence electrons. The summed E-state index contributed by atoms with van der Waals surface area (Å²) in [6.45, 7) is 8.05. The van der Waals surface area contributed by atoms with Gasteiger partial charge >= 0.3 is 0 Å². The molecule has 1 aliphatic rings. The SMILES string of the molecule is Cc1ccc(N2CCCN(C(=O)CCCn3ccnc3C)CC2)nn1. The van der Waals surface area contributed by atoms with Gasteiger partial charge in [-0.3, -0.25) is 4.79 Å². The first-order valence-electron chi connectivity index (χ1n) is 8.94. The van der Waals surface area contributed by atoms with E-state index in [1.807, 2.05) is 37.1 Å². The van der Waals surface area contributed by atoms with Crippen molar-refractivity contribution in [2.24, 2.45) is 0 Å². The Bertz CT molecular complexity index is 696. The number of aryl methyl sites for hydroxylation is 3. The Hall–Kier alpha value is -2.44. The first kappa shape index (κ1) is 17.4. The van der Waals surface area contributed by atoms with Gasteiger partial charge in [0.05, 0.1) is 5.69 Å². The summed E-state index contributed by atoms with van der Waals surface area (Å²) in [6, 6.07) is 3.99. The molecule has 0 atom stereocenters. The number of nitrogens with zero attached hydrogens (tertiary/aromatic N) is 6. The zero-order valence-corrected chi connectivity index (χ0v) is 15.1. The van der Waals surface area contributed by atoms with Crippen LogP contribution in [0.25, 0.3) is 0 Å². The van der Waals surface area contributed by atoms with Gasteiger partial charge in [-0.05, 0) is 38.8 Å². The summed E-state index contributed by atoms with van der Waals surface area (Å²) in [7, 11) is 0. The molecule has 0 radical (unpaired) electrons. The van der Waals surface area contributed by atoms with Crippen molar-refractivity contribution in [2.45, 2.75) is 39.7 Å². The van der Waals surface area contributed by atoms with Crippen molar-refractivity contribution in [2.75, 3.05) is 31.1 Å². The minimum Gasteiger partial charge on any atom is -0.353 e. The van der Waals surface area contributed by atoms with Crippen LogP contribution in [0, 0.1) is 13.8 Å². The summed E-state index contributed by atoms with van der Waals surface area (Å²) in [6.07, 6.45) is 6.16. The number of aromatic nitrogens is 4. The fraction of sp³-hybridized carbons (Fsp3) is 0.556. The standard InChI is InChI=1S/C18H26N6O/c1-15-6-7-17(21-20-15)23-10-4-11-24(14-13-23)18(25)5-3-9-22-12-8-19-16(22)2/h6-8,12H,3-5,9-11,13-14H2,1-2H3. The predicted octanol–water partition coefficient (Wildman–Crippen LogP) is 1.81. The molecule has 2 aromatic rings. The number of hydrogen-bond donors (Lipinski definition) is 0. The smallest absolute Gasteiger partial charge is 0.222 e. The van der Waals surface area contributed by atoms with E-state index in [1.165, 1.54) is 0 Å².